The van der Waals surface area contributed by atoms with Crippen LogP contribution < -0.4 is 0 Å². The standard InChI is InChI=1S/2C25H35.C2H6Si.2ClH.Zr/c2*1-18-8-12-24(3,13-9-18)21-16-20-6-5-7-23(22(20)17-21)25(4)14-10-19(2)11-15-25;1-3-2;;;/h2*5-7,16-19H,8-15H2,1-4H3;1-2H3;2*1H;/q;;;;;+2/p-2. The summed E-state index contributed by atoms with van der Waals surface area (Å²) in [5.74, 6) is 3.20. The van der Waals surface area contributed by atoms with Gasteiger partial charge in [0.2, 0.25) is 0 Å². The molecule has 6 aliphatic carbocycles. The van der Waals surface area contributed by atoms with Gasteiger partial charge in [-0.25, -0.2) is 0 Å². The molecule has 4 fully saturated rings. The van der Waals surface area contributed by atoms with Crippen molar-refractivity contribution in [3.8, 4) is 0 Å². The Balaban J connectivity index is 1.42. The van der Waals surface area contributed by atoms with Gasteiger partial charge in [0.15, 0.2) is 0 Å². The Morgan fingerprint density at radius 1 is 0.482 bits per heavy atom. The molecule has 0 aliphatic heterocycles. The number of rotatable bonds is 6. The van der Waals surface area contributed by atoms with Crippen molar-refractivity contribution in [1.29, 1.82) is 0 Å². The third kappa shape index (κ3) is 6.81. The fraction of sp³-hybridized carbons (Fsp3) is 0.692. The van der Waals surface area contributed by atoms with Gasteiger partial charge in [0.25, 0.3) is 0 Å². The molecule has 0 N–H and O–H groups in total. The van der Waals surface area contributed by atoms with Crippen molar-refractivity contribution in [2.24, 2.45) is 34.5 Å². The Bertz CT molecular complexity index is 1840. The van der Waals surface area contributed by atoms with Gasteiger partial charge >= 0.3 is 354 Å². The molecule has 8 rings (SSSR count). The molecular formula is C52H76Cl2SiZr. The molecule has 0 nitrogen and oxygen atoms in total. The molecule has 0 aromatic heterocycles. The number of fused-ring (bicyclic) bond motifs is 2. The summed E-state index contributed by atoms with van der Waals surface area (Å²) in [5.41, 5.74) is 12.0. The normalized spacial score (nSPS) is 39.1. The Kier molecular flexibility index (Phi) is 11.3. The number of allylic oxidation sites excluding steroid dienone is 2. The van der Waals surface area contributed by atoms with Crippen LogP contribution in [0.25, 0.3) is 12.2 Å². The summed E-state index contributed by atoms with van der Waals surface area (Å²) in [6.07, 6.45) is 26.0. The summed E-state index contributed by atoms with van der Waals surface area (Å²) in [6.45, 7) is 25.6. The molecule has 4 saturated carbocycles. The second kappa shape index (κ2) is 14.9. The van der Waals surface area contributed by atoms with Crippen LogP contribution in [0.4, 0.5) is 0 Å². The minimum absolute atomic E-state index is 0.117. The zero-order valence-electron chi connectivity index (χ0n) is 37.2. The van der Waals surface area contributed by atoms with E-state index in [1.165, 1.54) is 114 Å². The fourth-order valence-electron chi connectivity index (χ4n) is 13.5. The molecule has 2 unspecified atom stereocenters. The second-order valence-electron chi connectivity index (χ2n) is 22.8. The van der Waals surface area contributed by atoms with E-state index < -0.39 is 20.4 Å². The first-order valence-electron chi connectivity index (χ1n) is 23.4. The average Bonchev–Trinajstić information content (AvgIpc) is 3.79. The molecule has 0 saturated heterocycles. The molecule has 0 amide bonds. The predicted octanol–water partition coefficient (Wildman–Crippen LogP) is 16.9. The fourth-order valence-corrected chi connectivity index (χ4v) is 42.0. The van der Waals surface area contributed by atoms with Gasteiger partial charge in [-0.15, -0.1) is 0 Å². The average molecular weight is 891 g/mol. The van der Waals surface area contributed by atoms with Crippen LogP contribution in [-0.2, 0) is 25.8 Å². The molecule has 0 spiro atoms. The van der Waals surface area contributed by atoms with E-state index in [0.717, 1.165) is 23.7 Å². The van der Waals surface area contributed by atoms with E-state index in [1.807, 2.05) is 0 Å². The number of benzene rings is 2. The van der Waals surface area contributed by atoms with Gasteiger partial charge in [0.05, 0.1) is 0 Å². The van der Waals surface area contributed by atoms with Crippen LogP contribution in [-0.4, -0.2) is 5.43 Å². The van der Waals surface area contributed by atoms with Gasteiger partial charge in [-0.3, -0.25) is 0 Å². The molecule has 2 aromatic rings. The van der Waals surface area contributed by atoms with E-state index in [4.69, 9.17) is 0 Å². The van der Waals surface area contributed by atoms with Gasteiger partial charge in [0, 0.05) is 0 Å². The summed E-state index contributed by atoms with van der Waals surface area (Å²) in [7, 11) is 19.0. The van der Waals surface area contributed by atoms with E-state index in [9.17, 15) is 17.0 Å². The summed E-state index contributed by atoms with van der Waals surface area (Å²) < 4.78 is 0.310. The van der Waals surface area contributed by atoms with Crippen molar-refractivity contribution in [3.63, 3.8) is 0 Å². The Hall–Kier alpha value is -0.400. The maximum absolute atomic E-state index is 9.50. The second-order valence-corrected chi connectivity index (χ2v) is 61.6. The van der Waals surface area contributed by atoms with E-state index >= 15 is 0 Å². The summed E-state index contributed by atoms with van der Waals surface area (Å²) in [6, 6.07) is 14.9. The van der Waals surface area contributed by atoms with Crippen LogP contribution in [0.2, 0.25) is 13.1 Å². The van der Waals surface area contributed by atoms with Crippen molar-refractivity contribution >= 4 is 34.6 Å². The van der Waals surface area contributed by atoms with Crippen molar-refractivity contribution in [1.82, 2.24) is 0 Å². The molecule has 0 radical (unpaired) electrons. The summed E-state index contributed by atoms with van der Waals surface area (Å²) in [4.78, 5) is 0. The molecule has 4 heteroatoms. The van der Waals surface area contributed by atoms with Gasteiger partial charge in [-0.2, -0.15) is 0 Å². The first-order chi connectivity index (χ1) is 26.3. The van der Waals surface area contributed by atoms with Crippen molar-refractivity contribution in [3.05, 3.63) is 80.9 Å². The van der Waals surface area contributed by atoms with Gasteiger partial charge in [0.1, 0.15) is 0 Å². The van der Waals surface area contributed by atoms with E-state index in [1.54, 1.807) is 33.4 Å². The van der Waals surface area contributed by atoms with Crippen LogP contribution >= 0.6 is 17.0 Å². The van der Waals surface area contributed by atoms with Crippen LogP contribution in [0.1, 0.15) is 199 Å². The molecular weight excluding hydrogens is 815 g/mol. The quantitative estimate of drug-likeness (QED) is 0.254. The number of hydrogen-bond acceptors (Lipinski definition) is 0. The van der Waals surface area contributed by atoms with Crippen LogP contribution in [0.15, 0.2) is 47.5 Å². The monoisotopic (exact) mass is 888 g/mol. The third-order valence-electron chi connectivity index (χ3n) is 18.3. The SMILES string of the molecule is CC1CCC(C)(C2=Cc3cccc(C4(C)CCC(C)CC4)c3[CH]2[Zr]([Cl])([Cl])([CH]2C(C3(C)CCC(C)CC3)=Cc3cccc(C4(C)CCC(C)CC4)c32)=[Si](C)C)CC1. The van der Waals surface area contributed by atoms with Gasteiger partial charge < -0.3 is 0 Å². The minimum atomic E-state index is -5.21. The first-order valence-corrected chi connectivity index (χ1v) is 38.8. The van der Waals surface area contributed by atoms with Crippen molar-refractivity contribution in [2.45, 2.75) is 189 Å². The zero-order valence-corrected chi connectivity index (χ0v) is 42.1. The Morgan fingerprint density at radius 3 is 1.05 bits per heavy atom. The summed E-state index contributed by atoms with van der Waals surface area (Å²) in [5, 5.41) is 0. The third-order valence-corrected chi connectivity index (χ3v) is 64.5. The van der Waals surface area contributed by atoms with Gasteiger partial charge in [-0.05, 0) is 0 Å². The maximum atomic E-state index is 9.50. The Labute approximate surface area is 351 Å². The predicted molar refractivity (Wildman–Crippen MR) is 245 cm³/mol. The molecule has 0 bridgehead atoms. The molecule has 2 atom stereocenters. The Morgan fingerprint density at radius 2 is 0.768 bits per heavy atom. The molecule has 2 aromatic carbocycles. The topological polar surface area (TPSA) is 0 Å². The van der Waals surface area contributed by atoms with Crippen molar-refractivity contribution < 1.29 is 15.0 Å². The zero-order chi connectivity index (χ0) is 40.1. The van der Waals surface area contributed by atoms with Crippen LogP contribution in [0, 0.1) is 34.5 Å². The molecule has 306 valence electrons. The molecule has 56 heavy (non-hydrogen) atoms. The van der Waals surface area contributed by atoms with Crippen LogP contribution in [0.5, 0.6) is 0 Å². The number of hydrogen-bond donors (Lipinski definition) is 0. The van der Waals surface area contributed by atoms with Gasteiger partial charge in [-0.1, -0.05) is 0 Å². The molecule has 6 aliphatic rings. The van der Waals surface area contributed by atoms with Crippen molar-refractivity contribution in [2.75, 3.05) is 0 Å². The summed E-state index contributed by atoms with van der Waals surface area (Å²) >= 11 is -5.21. The number of halogens is 2. The van der Waals surface area contributed by atoms with E-state index in [0.29, 0.717) is 0 Å². The van der Waals surface area contributed by atoms with Crippen LogP contribution in [0.3, 0.4) is 0 Å². The van der Waals surface area contributed by atoms with E-state index in [-0.39, 0.29) is 28.9 Å². The molecule has 0 heterocycles. The van der Waals surface area contributed by atoms with E-state index in [2.05, 4.69) is 117 Å². The first kappa shape index (κ1) is 42.3.